The number of aliphatic imine (C=N–C) groups is 1. The number of carbonyl (C=O) groups is 1. The maximum absolute atomic E-state index is 12.1. The summed E-state index contributed by atoms with van der Waals surface area (Å²) in [6, 6.07) is 10.4. The van der Waals surface area contributed by atoms with Gasteiger partial charge in [0.15, 0.2) is 5.96 Å². The first-order chi connectivity index (χ1) is 9.83. The predicted octanol–water partition coefficient (Wildman–Crippen LogP) is 0.978. The van der Waals surface area contributed by atoms with Crippen LogP contribution in [0.15, 0.2) is 35.3 Å². The van der Waals surface area contributed by atoms with Crippen molar-refractivity contribution in [3.05, 3.63) is 30.3 Å². The highest BCUT2D eigenvalue weighted by Gasteiger charge is 2.26. The Morgan fingerprint density at radius 2 is 2.00 bits per heavy atom. The molecule has 0 unspecified atom stereocenters. The van der Waals surface area contributed by atoms with Crippen LogP contribution in [0.25, 0.3) is 0 Å². The fraction of sp³-hybridized carbons (Fsp3) is 0.467. The fourth-order valence-corrected chi connectivity index (χ4v) is 2.74. The highest BCUT2D eigenvalue weighted by molar-refractivity contribution is 5.98. The molecule has 2 N–H and O–H groups in total. The van der Waals surface area contributed by atoms with E-state index in [1.165, 1.54) is 5.69 Å². The molecule has 1 amide bonds. The number of amides is 1. The molecule has 0 saturated carbocycles. The third-order valence-corrected chi connectivity index (χ3v) is 3.90. The Hall–Kier alpha value is -2.04. The summed E-state index contributed by atoms with van der Waals surface area (Å²) in [4.78, 5) is 18.7. The SMILES string of the molecule is O=C(NC1=NCCN1)C1CCN(c2ccccc2)CC1. The molecule has 0 aliphatic carbocycles. The Kier molecular flexibility index (Phi) is 3.85. The topological polar surface area (TPSA) is 56.7 Å². The first-order valence-corrected chi connectivity index (χ1v) is 7.22. The molecule has 2 heterocycles. The normalized spacial score (nSPS) is 19.4. The number of carbonyl (C=O) groups excluding carboxylic acids is 1. The van der Waals surface area contributed by atoms with Gasteiger partial charge in [-0.1, -0.05) is 18.2 Å². The number of guanidine groups is 1. The largest absolute Gasteiger partial charge is 0.371 e. The van der Waals surface area contributed by atoms with Crippen LogP contribution in [0.1, 0.15) is 12.8 Å². The van der Waals surface area contributed by atoms with Gasteiger partial charge in [0.2, 0.25) is 5.91 Å². The lowest BCUT2D eigenvalue weighted by molar-refractivity contribution is -0.124. The highest BCUT2D eigenvalue weighted by Crippen LogP contribution is 2.23. The van der Waals surface area contributed by atoms with Crippen LogP contribution in [0.4, 0.5) is 5.69 Å². The molecule has 1 saturated heterocycles. The van der Waals surface area contributed by atoms with Crippen LogP contribution in [-0.4, -0.2) is 38.0 Å². The zero-order valence-corrected chi connectivity index (χ0v) is 11.5. The molecule has 106 valence electrons. The van der Waals surface area contributed by atoms with Crippen molar-refractivity contribution < 1.29 is 4.79 Å². The molecule has 5 nitrogen and oxygen atoms in total. The molecule has 0 bridgehead atoms. The van der Waals surface area contributed by atoms with Crippen molar-refractivity contribution in [3.8, 4) is 0 Å². The molecule has 20 heavy (non-hydrogen) atoms. The van der Waals surface area contributed by atoms with Gasteiger partial charge in [-0.2, -0.15) is 0 Å². The number of anilines is 1. The predicted molar refractivity (Wildman–Crippen MR) is 79.8 cm³/mol. The van der Waals surface area contributed by atoms with E-state index in [1.807, 2.05) is 6.07 Å². The molecular formula is C15H20N4O. The lowest BCUT2D eigenvalue weighted by atomic mass is 9.95. The van der Waals surface area contributed by atoms with Crippen LogP contribution < -0.4 is 15.5 Å². The van der Waals surface area contributed by atoms with Gasteiger partial charge in [0.05, 0.1) is 6.54 Å². The summed E-state index contributed by atoms with van der Waals surface area (Å²) in [6.07, 6.45) is 1.79. The van der Waals surface area contributed by atoms with Crippen LogP contribution >= 0.6 is 0 Å². The summed E-state index contributed by atoms with van der Waals surface area (Å²) in [6.45, 7) is 3.44. The molecule has 5 heteroatoms. The third kappa shape index (κ3) is 2.92. The second-order valence-corrected chi connectivity index (χ2v) is 5.24. The molecule has 0 radical (unpaired) electrons. The lowest BCUT2D eigenvalue weighted by Gasteiger charge is -2.32. The minimum atomic E-state index is 0.0973. The van der Waals surface area contributed by atoms with Gasteiger partial charge in [-0.15, -0.1) is 0 Å². The van der Waals surface area contributed by atoms with Crippen molar-refractivity contribution in [1.29, 1.82) is 0 Å². The Balaban J connectivity index is 1.52. The van der Waals surface area contributed by atoms with Crippen molar-refractivity contribution in [2.24, 2.45) is 10.9 Å². The van der Waals surface area contributed by atoms with Crippen LogP contribution in [-0.2, 0) is 4.79 Å². The van der Waals surface area contributed by atoms with Crippen LogP contribution in [0, 0.1) is 5.92 Å². The van der Waals surface area contributed by atoms with Crippen molar-refractivity contribution >= 4 is 17.6 Å². The van der Waals surface area contributed by atoms with Gasteiger partial charge in [-0.3, -0.25) is 15.1 Å². The molecule has 0 spiro atoms. The Morgan fingerprint density at radius 1 is 1.25 bits per heavy atom. The number of hydrogen-bond donors (Lipinski definition) is 2. The number of nitrogens with zero attached hydrogens (tertiary/aromatic N) is 2. The van der Waals surface area contributed by atoms with Crippen LogP contribution in [0.5, 0.6) is 0 Å². The Bertz CT molecular complexity index is 492. The standard InChI is InChI=1S/C15H20N4O/c20-14(18-15-16-8-9-17-15)12-6-10-19(11-7-12)13-4-2-1-3-5-13/h1-5,12H,6-11H2,(H2,16,17,18,20). The number of piperidine rings is 1. The van der Waals surface area contributed by atoms with E-state index in [0.717, 1.165) is 39.0 Å². The second kappa shape index (κ2) is 5.94. The number of hydrogen-bond acceptors (Lipinski definition) is 4. The van der Waals surface area contributed by atoms with E-state index in [0.29, 0.717) is 5.96 Å². The minimum absolute atomic E-state index is 0.0973. The summed E-state index contributed by atoms with van der Waals surface area (Å²) < 4.78 is 0. The zero-order chi connectivity index (χ0) is 13.8. The van der Waals surface area contributed by atoms with Gasteiger partial charge in [-0.05, 0) is 25.0 Å². The summed E-state index contributed by atoms with van der Waals surface area (Å²) in [7, 11) is 0. The molecule has 2 aliphatic heterocycles. The monoisotopic (exact) mass is 272 g/mol. The van der Waals surface area contributed by atoms with E-state index >= 15 is 0 Å². The van der Waals surface area contributed by atoms with Crippen molar-refractivity contribution in [1.82, 2.24) is 10.6 Å². The van der Waals surface area contributed by atoms with E-state index in [4.69, 9.17) is 0 Å². The molecule has 1 fully saturated rings. The van der Waals surface area contributed by atoms with Crippen LogP contribution in [0.2, 0.25) is 0 Å². The Morgan fingerprint density at radius 3 is 2.65 bits per heavy atom. The van der Waals surface area contributed by atoms with Crippen LogP contribution in [0.3, 0.4) is 0 Å². The van der Waals surface area contributed by atoms with Crippen molar-refractivity contribution in [2.45, 2.75) is 12.8 Å². The molecule has 2 aliphatic rings. The average Bonchev–Trinajstić information content (AvgIpc) is 3.01. The zero-order valence-electron chi connectivity index (χ0n) is 11.5. The fourth-order valence-electron chi connectivity index (χ4n) is 2.74. The maximum Gasteiger partial charge on any atom is 0.229 e. The Labute approximate surface area is 119 Å². The van der Waals surface area contributed by atoms with E-state index in [9.17, 15) is 4.79 Å². The van der Waals surface area contributed by atoms with E-state index < -0.39 is 0 Å². The van der Waals surface area contributed by atoms with Gasteiger partial charge >= 0.3 is 0 Å². The van der Waals surface area contributed by atoms with Gasteiger partial charge in [0, 0.05) is 31.2 Å². The maximum atomic E-state index is 12.1. The summed E-state index contributed by atoms with van der Waals surface area (Å²) in [5.41, 5.74) is 1.24. The smallest absolute Gasteiger partial charge is 0.229 e. The molecule has 0 atom stereocenters. The van der Waals surface area contributed by atoms with Gasteiger partial charge in [0.1, 0.15) is 0 Å². The number of nitrogens with one attached hydrogen (secondary N) is 2. The number of benzene rings is 1. The molecule has 1 aromatic carbocycles. The lowest BCUT2D eigenvalue weighted by Crippen LogP contribution is -2.45. The van der Waals surface area contributed by atoms with E-state index in [-0.39, 0.29) is 11.8 Å². The molecule has 3 rings (SSSR count). The average molecular weight is 272 g/mol. The third-order valence-electron chi connectivity index (χ3n) is 3.90. The quantitative estimate of drug-likeness (QED) is 0.844. The molecular weight excluding hydrogens is 252 g/mol. The minimum Gasteiger partial charge on any atom is -0.371 e. The number of rotatable bonds is 2. The van der Waals surface area contributed by atoms with Gasteiger partial charge < -0.3 is 10.2 Å². The first kappa shape index (κ1) is 13.0. The summed E-state index contributed by atoms with van der Waals surface area (Å²) in [5.74, 6) is 0.839. The highest BCUT2D eigenvalue weighted by atomic mass is 16.2. The number of para-hydroxylation sites is 1. The second-order valence-electron chi connectivity index (χ2n) is 5.24. The molecule has 1 aromatic rings. The van der Waals surface area contributed by atoms with Gasteiger partial charge in [-0.25, -0.2) is 0 Å². The van der Waals surface area contributed by atoms with Crippen molar-refractivity contribution in [3.63, 3.8) is 0 Å². The van der Waals surface area contributed by atoms with Gasteiger partial charge in [0.25, 0.3) is 0 Å². The van der Waals surface area contributed by atoms with E-state index in [1.54, 1.807) is 0 Å². The van der Waals surface area contributed by atoms with Crippen molar-refractivity contribution in [2.75, 3.05) is 31.1 Å². The van der Waals surface area contributed by atoms with E-state index in [2.05, 4.69) is 44.8 Å². The first-order valence-electron chi connectivity index (χ1n) is 7.22. The molecule has 0 aromatic heterocycles. The summed E-state index contributed by atoms with van der Waals surface area (Å²) >= 11 is 0. The summed E-state index contributed by atoms with van der Waals surface area (Å²) in [5, 5.41) is 5.95.